The van der Waals surface area contributed by atoms with E-state index >= 15 is 0 Å². The molecule has 0 saturated heterocycles. The van der Waals surface area contributed by atoms with Crippen molar-refractivity contribution in [3.63, 3.8) is 0 Å². The fraction of sp³-hybridized carbons (Fsp3) is 0.222. The minimum atomic E-state index is -5.14. The Kier molecular flexibility index (Phi) is 4.56. The number of ether oxygens (including phenoxy) is 1. The summed E-state index contributed by atoms with van der Waals surface area (Å²) >= 11 is 0. The lowest BCUT2D eigenvalue weighted by molar-refractivity contribution is -0.297. The van der Waals surface area contributed by atoms with Crippen LogP contribution in [0, 0.1) is 0 Å². The maximum absolute atomic E-state index is 13.6. The van der Waals surface area contributed by atoms with E-state index in [4.69, 9.17) is 4.74 Å². The molecule has 6 nitrogen and oxygen atoms in total. The Balaban J connectivity index is 2.04. The molecule has 0 bridgehead atoms. The zero-order valence-corrected chi connectivity index (χ0v) is 14.1. The van der Waals surface area contributed by atoms with Crippen molar-refractivity contribution in [3.05, 3.63) is 59.7 Å². The highest BCUT2D eigenvalue weighted by Crippen LogP contribution is 2.42. The van der Waals surface area contributed by atoms with Gasteiger partial charge in [-0.3, -0.25) is 4.79 Å². The molecule has 1 aliphatic heterocycles. The standard InChI is InChI=1S/C18H15F3N2O4/c1-27-14-4-2-3-12(9-14)15-10-17(26,18(19,20)21)23(22-15)16(25)11-5-7-13(24)8-6-11/h2-9,24,26H,10H2,1H3. The fourth-order valence-corrected chi connectivity index (χ4v) is 2.67. The first-order valence-electron chi connectivity index (χ1n) is 7.80. The van der Waals surface area contributed by atoms with E-state index in [2.05, 4.69) is 5.10 Å². The van der Waals surface area contributed by atoms with Crippen LogP contribution in [0.25, 0.3) is 0 Å². The van der Waals surface area contributed by atoms with Crippen LogP contribution >= 0.6 is 0 Å². The van der Waals surface area contributed by atoms with Gasteiger partial charge in [-0.05, 0) is 36.4 Å². The number of phenols is 1. The van der Waals surface area contributed by atoms with Crippen LogP contribution in [0.4, 0.5) is 13.2 Å². The molecule has 2 aromatic carbocycles. The SMILES string of the molecule is COc1cccc(C2=NN(C(=O)c3ccc(O)cc3)C(O)(C(F)(F)F)C2)c1. The van der Waals surface area contributed by atoms with Crippen molar-refractivity contribution < 1.29 is 32.9 Å². The summed E-state index contributed by atoms with van der Waals surface area (Å²) in [5.41, 5.74) is -3.47. The Bertz CT molecular complexity index is 896. The quantitative estimate of drug-likeness (QED) is 0.858. The number of amides is 1. The van der Waals surface area contributed by atoms with Gasteiger partial charge in [0.25, 0.3) is 11.6 Å². The number of rotatable bonds is 3. The van der Waals surface area contributed by atoms with E-state index in [0.717, 1.165) is 24.3 Å². The summed E-state index contributed by atoms with van der Waals surface area (Å²) in [4.78, 5) is 12.6. The second kappa shape index (κ2) is 6.58. The molecule has 1 atom stereocenters. The fourth-order valence-electron chi connectivity index (χ4n) is 2.67. The highest BCUT2D eigenvalue weighted by Gasteiger charge is 2.63. The van der Waals surface area contributed by atoms with E-state index in [1.807, 2.05) is 0 Å². The first-order chi connectivity index (χ1) is 12.7. The van der Waals surface area contributed by atoms with Gasteiger partial charge in [0, 0.05) is 11.1 Å². The van der Waals surface area contributed by atoms with Crippen LogP contribution in [0.5, 0.6) is 11.5 Å². The van der Waals surface area contributed by atoms with Crippen LogP contribution in [0.2, 0.25) is 0 Å². The maximum atomic E-state index is 13.6. The molecule has 1 aliphatic rings. The van der Waals surface area contributed by atoms with Crippen LogP contribution in [0.3, 0.4) is 0 Å². The molecule has 0 aliphatic carbocycles. The zero-order valence-electron chi connectivity index (χ0n) is 14.1. The van der Waals surface area contributed by atoms with Gasteiger partial charge < -0.3 is 14.9 Å². The number of alkyl halides is 3. The summed E-state index contributed by atoms with van der Waals surface area (Å²) in [7, 11) is 1.41. The van der Waals surface area contributed by atoms with Gasteiger partial charge in [-0.15, -0.1) is 0 Å². The topological polar surface area (TPSA) is 82.4 Å². The Morgan fingerprint density at radius 3 is 2.48 bits per heavy atom. The van der Waals surface area contributed by atoms with E-state index in [9.17, 15) is 28.2 Å². The van der Waals surface area contributed by atoms with E-state index in [-0.39, 0.29) is 27.6 Å². The molecule has 27 heavy (non-hydrogen) atoms. The Morgan fingerprint density at radius 1 is 1.22 bits per heavy atom. The number of hydrogen-bond donors (Lipinski definition) is 2. The predicted molar refractivity (Wildman–Crippen MR) is 89.4 cm³/mol. The molecule has 2 aromatic rings. The number of aromatic hydroxyl groups is 1. The third kappa shape index (κ3) is 3.33. The van der Waals surface area contributed by atoms with Gasteiger partial charge in [-0.25, -0.2) is 0 Å². The lowest BCUT2D eigenvalue weighted by atomic mass is 10.0. The number of hydrogen-bond acceptors (Lipinski definition) is 5. The predicted octanol–water partition coefficient (Wildman–Crippen LogP) is 2.90. The van der Waals surface area contributed by atoms with Crippen LogP contribution < -0.4 is 4.74 Å². The van der Waals surface area contributed by atoms with Gasteiger partial charge in [-0.1, -0.05) is 12.1 Å². The summed E-state index contributed by atoms with van der Waals surface area (Å²) < 4.78 is 45.8. The average Bonchev–Trinajstić information content (AvgIpc) is 3.01. The Labute approximate surface area is 152 Å². The number of halogens is 3. The summed E-state index contributed by atoms with van der Waals surface area (Å²) in [6, 6.07) is 10.7. The second-order valence-electron chi connectivity index (χ2n) is 5.93. The highest BCUT2D eigenvalue weighted by molar-refractivity contribution is 6.05. The summed E-state index contributed by atoms with van der Waals surface area (Å²) in [6.07, 6.45) is -6.06. The molecule has 1 amide bonds. The van der Waals surface area contributed by atoms with Crippen molar-refractivity contribution in [2.75, 3.05) is 7.11 Å². The lowest BCUT2D eigenvalue weighted by Gasteiger charge is -2.32. The molecule has 1 unspecified atom stereocenters. The second-order valence-corrected chi connectivity index (χ2v) is 5.93. The number of hydrazone groups is 1. The maximum Gasteiger partial charge on any atom is 0.438 e. The number of carbonyl (C=O) groups excluding carboxylic acids is 1. The van der Waals surface area contributed by atoms with E-state index < -0.39 is 24.2 Å². The molecule has 1 heterocycles. The van der Waals surface area contributed by atoms with Crippen LogP contribution in [-0.4, -0.2) is 45.9 Å². The molecule has 0 saturated carbocycles. The van der Waals surface area contributed by atoms with E-state index in [1.165, 1.54) is 19.2 Å². The van der Waals surface area contributed by atoms with Crippen LogP contribution in [0.15, 0.2) is 53.6 Å². The van der Waals surface area contributed by atoms with Gasteiger partial charge in [0.1, 0.15) is 11.5 Å². The number of nitrogens with zero attached hydrogens (tertiary/aromatic N) is 2. The molecule has 0 spiro atoms. The van der Waals surface area contributed by atoms with Gasteiger partial charge in [0.05, 0.1) is 19.2 Å². The number of methoxy groups -OCH3 is 1. The van der Waals surface area contributed by atoms with Gasteiger partial charge in [0.15, 0.2) is 0 Å². The smallest absolute Gasteiger partial charge is 0.438 e. The Morgan fingerprint density at radius 2 is 1.89 bits per heavy atom. The first kappa shape index (κ1) is 18.7. The van der Waals surface area contributed by atoms with Gasteiger partial charge in [-0.2, -0.15) is 23.3 Å². The largest absolute Gasteiger partial charge is 0.508 e. The molecule has 3 rings (SSSR count). The molecule has 0 radical (unpaired) electrons. The minimum absolute atomic E-state index is 0.0359. The normalized spacial score (nSPS) is 19.7. The highest BCUT2D eigenvalue weighted by atomic mass is 19.4. The van der Waals surface area contributed by atoms with Gasteiger partial charge in [0.2, 0.25) is 0 Å². The number of carbonyl (C=O) groups is 1. The summed E-state index contributed by atoms with van der Waals surface area (Å²) in [5.74, 6) is -0.901. The molecule has 2 N–H and O–H groups in total. The van der Waals surface area contributed by atoms with Crippen molar-refractivity contribution in [3.8, 4) is 11.5 Å². The van der Waals surface area contributed by atoms with Crippen molar-refractivity contribution in [1.82, 2.24) is 5.01 Å². The molecular weight excluding hydrogens is 365 g/mol. The average molecular weight is 380 g/mol. The van der Waals surface area contributed by atoms with Crippen molar-refractivity contribution in [2.24, 2.45) is 5.10 Å². The number of benzene rings is 2. The molecule has 142 valence electrons. The molecule has 0 fully saturated rings. The molecule has 9 heteroatoms. The summed E-state index contributed by atoms with van der Waals surface area (Å²) in [5, 5.41) is 23.4. The van der Waals surface area contributed by atoms with Crippen LogP contribution in [0.1, 0.15) is 22.3 Å². The Hall–Kier alpha value is -3.07. The monoisotopic (exact) mass is 380 g/mol. The minimum Gasteiger partial charge on any atom is -0.508 e. The van der Waals surface area contributed by atoms with E-state index in [0.29, 0.717) is 5.75 Å². The molecular formula is C18H15F3N2O4. The number of aliphatic hydroxyl groups is 1. The zero-order chi connectivity index (χ0) is 19.8. The van der Waals surface area contributed by atoms with Crippen molar-refractivity contribution >= 4 is 11.6 Å². The number of phenolic OH excluding ortho intramolecular Hbond substituents is 1. The van der Waals surface area contributed by atoms with Gasteiger partial charge >= 0.3 is 6.18 Å². The van der Waals surface area contributed by atoms with Crippen LogP contribution in [-0.2, 0) is 0 Å². The molecule has 0 aromatic heterocycles. The third-order valence-electron chi connectivity index (χ3n) is 4.15. The third-order valence-corrected chi connectivity index (χ3v) is 4.15. The van der Waals surface area contributed by atoms with Crippen molar-refractivity contribution in [1.29, 1.82) is 0 Å². The van der Waals surface area contributed by atoms with E-state index in [1.54, 1.807) is 12.1 Å². The first-order valence-corrected chi connectivity index (χ1v) is 7.80. The van der Waals surface area contributed by atoms with Crippen molar-refractivity contribution in [2.45, 2.75) is 18.3 Å². The summed E-state index contributed by atoms with van der Waals surface area (Å²) in [6.45, 7) is 0. The lowest BCUT2D eigenvalue weighted by Crippen LogP contribution is -2.56.